The smallest absolute Gasteiger partial charge is 0.247 e. The maximum atomic E-state index is 13.2. The summed E-state index contributed by atoms with van der Waals surface area (Å²) < 4.78 is 31.3. The summed E-state index contributed by atoms with van der Waals surface area (Å²) in [5, 5.41) is 0. The summed E-state index contributed by atoms with van der Waals surface area (Å²) >= 11 is 0. The molecular weight excluding hydrogens is 262 g/mol. The predicted molar refractivity (Wildman–Crippen MR) is 71.7 cm³/mol. The van der Waals surface area contributed by atoms with Crippen LogP contribution in [-0.2, 0) is 10.0 Å². The fourth-order valence-corrected chi connectivity index (χ4v) is 1.92. The van der Waals surface area contributed by atoms with Gasteiger partial charge in [0, 0.05) is 0 Å². The molecule has 3 radical (unpaired) electrons. The van der Waals surface area contributed by atoms with Gasteiger partial charge in [-0.2, -0.15) is 0 Å². The minimum absolute atomic E-state index is 0.455. The van der Waals surface area contributed by atoms with Crippen LogP contribution in [0.4, 0.5) is 8.78 Å². The molecule has 1 nitrogen and oxygen atoms in total. The van der Waals surface area contributed by atoms with Crippen LogP contribution in [0.2, 0.25) is 0 Å². The fourth-order valence-electron chi connectivity index (χ4n) is 1.80. The lowest BCUT2D eigenvalue weighted by molar-refractivity contribution is 0.123. The third kappa shape index (κ3) is 2.91. The number of halogens is 2. The van der Waals surface area contributed by atoms with E-state index in [0.29, 0.717) is 5.56 Å². The number of rotatable bonds is 3. The van der Waals surface area contributed by atoms with Crippen molar-refractivity contribution in [3.05, 3.63) is 59.7 Å². The van der Waals surface area contributed by atoms with Crippen molar-refractivity contribution < 1.29 is 13.2 Å². The summed E-state index contributed by atoms with van der Waals surface area (Å²) in [6, 6.07) is 11.4. The molecule has 0 unspecified atom stereocenters. The van der Waals surface area contributed by atoms with Gasteiger partial charge in [0.2, 0.25) is 10.5 Å². The van der Waals surface area contributed by atoms with E-state index in [1.807, 2.05) is 38.1 Å². The molecule has 0 amide bonds. The fraction of sp³-hybridized carbons (Fsp3) is 0.200. The van der Waals surface area contributed by atoms with E-state index in [9.17, 15) is 8.78 Å². The SMILES string of the molecule is CC(C)(O[Si])c1ccc(-c2ccc(F)c(F)c2)cc1. The van der Waals surface area contributed by atoms with Crippen molar-refractivity contribution >= 4 is 10.5 Å². The van der Waals surface area contributed by atoms with Gasteiger partial charge in [-0.05, 0) is 42.7 Å². The van der Waals surface area contributed by atoms with E-state index in [1.54, 1.807) is 6.07 Å². The van der Waals surface area contributed by atoms with Crippen LogP contribution in [0.15, 0.2) is 42.5 Å². The number of hydrogen-bond donors (Lipinski definition) is 0. The van der Waals surface area contributed by atoms with Gasteiger partial charge in [-0.25, -0.2) is 8.78 Å². The van der Waals surface area contributed by atoms with Crippen LogP contribution in [-0.4, -0.2) is 10.5 Å². The first kappa shape index (κ1) is 13.9. The largest absolute Gasteiger partial charge is 0.410 e. The monoisotopic (exact) mass is 275 g/mol. The predicted octanol–water partition coefficient (Wildman–Crippen LogP) is 3.97. The maximum Gasteiger partial charge on any atom is 0.247 e. The van der Waals surface area contributed by atoms with Crippen molar-refractivity contribution in [1.29, 1.82) is 0 Å². The highest BCUT2D eigenvalue weighted by molar-refractivity contribution is 5.98. The van der Waals surface area contributed by atoms with Gasteiger partial charge in [0.05, 0.1) is 5.60 Å². The zero-order chi connectivity index (χ0) is 14.0. The molecule has 2 aromatic rings. The summed E-state index contributed by atoms with van der Waals surface area (Å²) in [4.78, 5) is 0. The topological polar surface area (TPSA) is 9.23 Å². The Kier molecular flexibility index (Phi) is 3.82. The van der Waals surface area contributed by atoms with Crippen LogP contribution >= 0.6 is 0 Å². The molecule has 0 bridgehead atoms. The lowest BCUT2D eigenvalue weighted by Gasteiger charge is -2.24. The molecule has 0 aliphatic carbocycles. The van der Waals surface area contributed by atoms with Crippen LogP contribution in [0.5, 0.6) is 0 Å². The second kappa shape index (κ2) is 5.23. The van der Waals surface area contributed by atoms with Crippen molar-refractivity contribution in [2.75, 3.05) is 0 Å². The lowest BCUT2D eigenvalue weighted by Crippen LogP contribution is -2.19. The Hall–Kier alpha value is -1.52. The molecule has 19 heavy (non-hydrogen) atoms. The van der Waals surface area contributed by atoms with Gasteiger partial charge >= 0.3 is 0 Å². The van der Waals surface area contributed by atoms with E-state index in [4.69, 9.17) is 4.43 Å². The van der Waals surface area contributed by atoms with Crippen LogP contribution < -0.4 is 0 Å². The molecular formula is C15H13F2OSi. The van der Waals surface area contributed by atoms with Crippen LogP contribution in [0.25, 0.3) is 11.1 Å². The van der Waals surface area contributed by atoms with Crippen molar-refractivity contribution in [2.45, 2.75) is 19.4 Å². The highest BCUT2D eigenvalue weighted by Gasteiger charge is 2.18. The highest BCUT2D eigenvalue weighted by atomic mass is 28.2. The molecule has 0 fully saturated rings. The van der Waals surface area contributed by atoms with Crippen LogP contribution in [0.3, 0.4) is 0 Å². The molecule has 0 spiro atoms. The number of hydrogen-bond acceptors (Lipinski definition) is 1. The summed E-state index contributed by atoms with van der Waals surface area (Å²) in [6.45, 7) is 3.85. The second-order valence-corrected chi connectivity index (χ2v) is 5.02. The first-order chi connectivity index (χ1) is 8.94. The molecule has 2 aromatic carbocycles. The van der Waals surface area contributed by atoms with E-state index in [0.717, 1.165) is 17.2 Å². The van der Waals surface area contributed by atoms with Gasteiger partial charge in [0.25, 0.3) is 0 Å². The Morgan fingerprint density at radius 2 is 1.47 bits per heavy atom. The standard InChI is InChI=1S/C15H13F2OSi/c1-15(2,18-19)12-6-3-10(4-7-12)11-5-8-13(16)14(17)9-11/h3-9H,1-2H3. The molecule has 4 heteroatoms. The van der Waals surface area contributed by atoms with Gasteiger partial charge in [-0.3, -0.25) is 0 Å². The minimum Gasteiger partial charge on any atom is -0.410 e. The quantitative estimate of drug-likeness (QED) is 0.770. The van der Waals surface area contributed by atoms with Crippen molar-refractivity contribution in [3.63, 3.8) is 0 Å². The Morgan fingerprint density at radius 1 is 0.895 bits per heavy atom. The number of benzene rings is 2. The van der Waals surface area contributed by atoms with Crippen molar-refractivity contribution in [2.24, 2.45) is 0 Å². The first-order valence-corrected chi connectivity index (χ1v) is 6.25. The van der Waals surface area contributed by atoms with E-state index in [1.165, 1.54) is 6.07 Å². The average Bonchev–Trinajstić information content (AvgIpc) is 2.42. The lowest BCUT2D eigenvalue weighted by atomic mass is 9.95. The Labute approximate surface area is 114 Å². The molecule has 0 heterocycles. The van der Waals surface area contributed by atoms with Gasteiger partial charge in [0.15, 0.2) is 11.6 Å². The summed E-state index contributed by atoms with van der Waals surface area (Å²) in [6.07, 6.45) is 0. The molecule has 0 N–H and O–H groups in total. The molecule has 0 saturated carbocycles. The molecule has 0 atom stereocenters. The first-order valence-electron chi connectivity index (χ1n) is 5.85. The van der Waals surface area contributed by atoms with Crippen molar-refractivity contribution in [1.82, 2.24) is 0 Å². The second-order valence-electron chi connectivity index (χ2n) is 4.82. The molecule has 0 aromatic heterocycles. The van der Waals surface area contributed by atoms with E-state index in [-0.39, 0.29) is 0 Å². The van der Waals surface area contributed by atoms with Crippen molar-refractivity contribution in [3.8, 4) is 11.1 Å². The average molecular weight is 275 g/mol. The summed E-state index contributed by atoms with van der Waals surface area (Å²) in [5.41, 5.74) is 1.99. The van der Waals surface area contributed by atoms with E-state index in [2.05, 4.69) is 10.5 Å². The van der Waals surface area contributed by atoms with E-state index >= 15 is 0 Å². The zero-order valence-corrected chi connectivity index (χ0v) is 11.7. The highest BCUT2D eigenvalue weighted by Crippen LogP contribution is 2.27. The van der Waals surface area contributed by atoms with Crippen LogP contribution in [0, 0.1) is 11.6 Å². The molecule has 97 valence electrons. The normalized spacial score (nSPS) is 11.6. The summed E-state index contributed by atoms with van der Waals surface area (Å²) in [5.74, 6) is -1.68. The minimum atomic E-state index is -0.842. The molecule has 0 aliphatic rings. The van der Waals surface area contributed by atoms with Gasteiger partial charge < -0.3 is 4.43 Å². The summed E-state index contributed by atoms with van der Waals surface area (Å²) in [7, 11) is 3.05. The molecule has 0 aliphatic heterocycles. The third-order valence-corrected chi connectivity index (χ3v) is 3.60. The molecule has 0 saturated heterocycles. The Morgan fingerprint density at radius 3 is 2.00 bits per heavy atom. The Bertz CT molecular complexity index is 579. The van der Waals surface area contributed by atoms with E-state index < -0.39 is 17.2 Å². The Balaban J connectivity index is 2.35. The third-order valence-electron chi connectivity index (χ3n) is 3.09. The zero-order valence-electron chi connectivity index (χ0n) is 10.7. The van der Waals surface area contributed by atoms with Crippen LogP contribution in [0.1, 0.15) is 19.4 Å². The maximum absolute atomic E-state index is 13.2. The molecule has 2 rings (SSSR count). The van der Waals surface area contributed by atoms with Gasteiger partial charge in [0.1, 0.15) is 0 Å². The van der Waals surface area contributed by atoms with Gasteiger partial charge in [-0.15, -0.1) is 0 Å². The van der Waals surface area contributed by atoms with Gasteiger partial charge in [-0.1, -0.05) is 30.3 Å².